The molecular weight excluding hydrogens is 196 g/mol. The topological polar surface area (TPSA) is 63.6 Å². The number of allylic oxidation sites excluding steroid dienone is 1. The van der Waals surface area contributed by atoms with Crippen molar-refractivity contribution in [3.63, 3.8) is 0 Å². The average molecular weight is 212 g/mol. The van der Waals surface area contributed by atoms with Gasteiger partial charge in [-0.1, -0.05) is 32.9 Å². The standard InChI is InChI=1S/C11H16O4/c1-10(2,3)5-4-6-11(9(13)14)7-8(12)15-11/h4-5H,6-7H2,1-3H3,(H,13,14)/b5-4+/t11-/m1/s1. The van der Waals surface area contributed by atoms with Crippen LogP contribution in [0.3, 0.4) is 0 Å². The number of rotatable bonds is 3. The van der Waals surface area contributed by atoms with Gasteiger partial charge >= 0.3 is 11.9 Å². The Morgan fingerprint density at radius 3 is 2.47 bits per heavy atom. The van der Waals surface area contributed by atoms with E-state index in [9.17, 15) is 9.59 Å². The Bertz CT molecular complexity index is 301. The number of ether oxygens (including phenoxy) is 1. The van der Waals surface area contributed by atoms with Crippen LogP contribution >= 0.6 is 0 Å². The first kappa shape index (κ1) is 11.8. The van der Waals surface area contributed by atoms with Crippen LogP contribution in [0.15, 0.2) is 12.2 Å². The van der Waals surface area contributed by atoms with Crippen molar-refractivity contribution in [2.45, 2.75) is 39.2 Å². The summed E-state index contributed by atoms with van der Waals surface area (Å²) in [5.74, 6) is -1.51. The summed E-state index contributed by atoms with van der Waals surface area (Å²) in [6.07, 6.45) is 3.90. The molecule has 1 saturated heterocycles. The number of esters is 1. The molecule has 15 heavy (non-hydrogen) atoms. The Morgan fingerprint density at radius 1 is 1.60 bits per heavy atom. The van der Waals surface area contributed by atoms with Gasteiger partial charge < -0.3 is 9.84 Å². The third kappa shape index (κ3) is 2.81. The van der Waals surface area contributed by atoms with Crippen molar-refractivity contribution in [3.05, 3.63) is 12.2 Å². The van der Waals surface area contributed by atoms with Crippen LogP contribution in [0.4, 0.5) is 0 Å². The quantitative estimate of drug-likeness (QED) is 0.571. The molecule has 0 saturated carbocycles. The number of hydrogen-bond acceptors (Lipinski definition) is 3. The molecule has 0 unspecified atom stereocenters. The molecule has 4 heteroatoms. The van der Waals surface area contributed by atoms with Crippen LogP contribution in [-0.4, -0.2) is 22.6 Å². The zero-order valence-electron chi connectivity index (χ0n) is 9.24. The van der Waals surface area contributed by atoms with Gasteiger partial charge in [0.1, 0.15) is 0 Å². The van der Waals surface area contributed by atoms with E-state index in [0.29, 0.717) is 0 Å². The molecule has 0 aromatic heterocycles. The highest BCUT2D eigenvalue weighted by Crippen LogP contribution is 2.32. The molecular formula is C11H16O4. The van der Waals surface area contributed by atoms with E-state index < -0.39 is 17.5 Å². The second kappa shape index (κ2) is 3.68. The Kier molecular flexibility index (Phi) is 2.88. The van der Waals surface area contributed by atoms with Gasteiger partial charge in [-0.3, -0.25) is 4.79 Å². The lowest BCUT2D eigenvalue weighted by atomic mass is 9.88. The molecule has 0 aliphatic carbocycles. The SMILES string of the molecule is CC(C)(C)/C=C/C[C@]1(C(=O)O)CC(=O)O1. The van der Waals surface area contributed by atoms with Gasteiger partial charge in [-0.25, -0.2) is 4.79 Å². The molecule has 0 bridgehead atoms. The first-order chi connectivity index (χ1) is 6.75. The normalized spacial score (nSPS) is 26.2. The number of cyclic esters (lactones) is 1. The van der Waals surface area contributed by atoms with Crippen molar-refractivity contribution in [1.29, 1.82) is 0 Å². The lowest BCUT2D eigenvalue weighted by molar-refractivity contribution is -0.203. The van der Waals surface area contributed by atoms with Crippen molar-refractivity contribution in [2.75, 3.05) is 0 Å². The van der Waals surface area contributed by atoms with Gasteiger partial charge in [0, 0.05) is 6.42 Å². The highest BCUT2D eigenvalue weighted by molar-refractivity contribution is 5.92. The molecule has 1 rings (SSSR count). The number of carboxylic acids is 1. The van der Waals surface area contributed by atoms with Crippen molar-refractivity contribution in [1.82, 2.24) is 0 Å². The van der Waals surface area contributed by atoms with Crippen molar-refractivity contribution in [3.8, 4) is 0 Å². The second-order valence-electron chi connectivity index (χ2n) is 4.92. The van der Waals surface area contributed by atoms with Crippen LogP contribution in [0.5, 0.6) is 0 Å². The number of carboxylic acid groups (broad SMARTS) is 1. The summed E-state index contributed by atoms with van der Waals surface area (Å²) >= 11 is 0. The van der Waals surface area contributed by atoms with Gasteiger partial charge in [0.2, 0.25) is 5.60 Å². The predicted molar refractivity (Wildman–Crippen MR) is 54.3 cm³/mol. The van der Waals surface area contributed by atoms with Crippen LogP contribution in [0.2, 0.25) is 0 Å². The van der Waals surface area contributed by atoms with E-state index in [1.165, 1.54) is 0 Å². The highest BCUT2D eigenvalue weighted by Gasteiger charge is 2.52. The zero-order valence-corrected chi connectivity index (χ0v) is 9.24. The van der Waals surface area contributed by atoms with Gasteiger partial charge in [0.25, 0.3) is 0 Å². The van der Waals surface area contributed by atoms with Crippen LogP contribution in [0.1, 0.15) is 33.6 Å². The van der Waals surface area contributed by atoms with E-state index >= 15 is 0 Å². The average Bonchev–Trinajstić information content (AvgIpc) is 1.97. The monoisotopic (exact) mass is 212 g/mol. The van der Waals surface area contributed by atoms with Crippen molar-refractivity contribution < 1.29 is 19.4 Å². The minimum atomic E-state index is -1.31. The Balaban J connectivity index is 2.59. The zero-order chi connectivity index (χ0) is 11.7. The molecule has 1 aliphatic heterocycles. The van der Waals surface area contributed by atoms with Crippen LogP contribution in [0, 0.1) is 5.41 Å². The Labute approximate surface area is 88.9 Å². The first-order valence-electron chi connectivity index (χ1n) is 4.88. The molecule has 4 nitrogen and oxygen atoms in total. The van der Waals surface area contributed by atoms with Gasteiger partial charge in [0.05, 0.1) is 6.42 Å². The van der Waals surface area contributed by atoms with E-state index in [4.69, 9.17) is 9.84 Å². The van der Waals surface area contributed by atoms with Crippen LogP contribution < -0.4 is 0 Å². The van der Waals surface area contributed by atoms with Gasteiger partial charge in [0.15, 0.2) is 0 Å². The van der Waals surface area contributed by atoms with E-state index in [1.54, 1.807) is 6.08 Å². The summed E-state index contributed by atoms with van der Waals surface area (Å²) in [4.78, 5) is 21.6. The molecule has 0 spiro atoms. The minimum absolute atomic E-state index is 0.00739. The first-order valence-corrected chi connectivity index (χ1v) is 4.88. The maximum absolute atomic E-state index is 10.9. The summed E-state index contributed by atoms with van der Waals surface area (Å²) in [6.45, 7) is 6.05. The third-order valence-corrected chi connectivity index (χ3v) is 2.19. The van der Waals surface area contributed by atoms with E-state index in [1.807, 2.05) is 26.8 Å². The fraction of sp³-hybridized carbons (Fsp3) is 0.636. The molecule has 1 aliphatic rings. The fourth-order valence-electron chi connectivity index (χ4n) is 1.37. The van der Waals surface area contributed by atoms with Crippen LogP contribution in [-0.2, 0) is 14.3 Å². The predicted octanol–water partition coefficient (Wildman–Crippen LogP) is 1.75. The third-order valence-electron chi connectivity index (χ3n) is 2.19. The van der Waals surface area contributed by atoms with Gasteiger partial charge in [-0.2, -0.15) is 0 Å². The van der Waals surface area contributed by atoms with Gasteiger partial charge in [-0.05, 0) is 5.41 Å². The smallest absolute Gasteiger partial charge is 0.349 e. The molecule has 1 atom stereocenters. The lowest BCUT2D eigenvalue weighted by Crippen LogP contribution is -2.53. The molecule has 1 N–H and O–H groups in total. The Hall–Kier alpha value is -1.32. The molecule has 84 valence electrons. The molecule has 1 fully saturated rings. The van der Waals surface area contributed by atoms with Crippen LogP contribution in [0.25, 0.3) is 0 Å². The largest absolute Gasteiger partial charge is 0.478 e. The van der Waals surface area contributed by atoms with E-state index in [0.717, 1.165) is 0 Å². The molecule has 1 heterocycles. The summed E-state index contributed by atoms with van der Waals surface area (Å²) in [5, 5.41) is 8.92. The number of carbonyl (C=O) groups is 2. The number of aliphatic carboxylic acids is 1. The molecule has 0 radical (unpaired) electrons. The number of carbonyl (C=O) groups excluding carboxylic acids is 1. The van der Waals surface area contributed by atoms with Gasteiger partial charge in [-0.15, -0.1) is 0 Å². The second-order valence-corrected chi connectivity index (χ2v) is 4.92. The maximum Gasteiger partial charge on any atom is 0.349 e. The lowest BCUT2D eigenvalue weighted by Gasteiger charge is -2.35. The minimum Gasteiger partial charge on any atom is -0.478 e. The van der Waals surface area contributed by atoms with Crippen molar-refractivity contribution >= 4 is 11.9 Å². The molecule has 0 aromatic carbocycles. The fourth-order valence-corrected chi connectivity index (χ4v) is 1.37. The summed E-state index contributed by atoms with van der Waals surface area (Å²) < 4.78 is 4.71. The summed E-state index contributed by atoms with van der Waals surface area (Å²) in [6, 6.07) is 0. The number of hydrogen-bond donors (Lipinski definition) is 1. The van der Waals surface area contributed by atoms with E-state index in [-0.39, 0.29) is 18.3 Å². The molecule has 0 amide bonds. The summed E-state index contributed by atoms with van der Waals surface area (Å²) in [7, 11) is 0. The Morgan fingerprint density at radius 2 is 2.13 bits per heavy atom. The molecule has 0 aromatic rings. The van der Waals surface area contributed by atoms with E-state index in [2.05, 4.69) is 0 Å². The maximum atomic E-state index is 10.9. The highest BCUT2D eigenvalue weighted by atomic mass is 16.6. The summed E-state index contributed by atoms with van der Waals surface area (Å²) in [5.41, 5.74) is -1.30. The van der Waals surface area contributed by atoms with Crippen molar-refractivity contribution in [2.24, 2.45) is 5.41 Å².